The van der Waals surface area contributed by atoms with Crippen LogP contribution in [0.3, 0.4) is 0 Å². The molecule has 0 aliphatic carbocycles. The number of fused-ring (bicyclic) bond motifs is 1. The number of amides is 1. The van der Waals surface area contributed by atoms with Crippen LogP contribution in [-0.4, -0.2) is 21.8 Å². The summed E-state index contributed by atoms with van der Waals surface area (Å²) in [6.45, 7) is -0.357. The number of halogens is 4. The first-order chi connectivity index (χ1) is 9.41. The van der Waals surface area contributed by atoms with E-state index in [1.807, 2.05) is 0 Å². The Morgan fingerprint density at radius 2 is 2.25 bits per heavy atom. The van der Waals surface area contributed by atoms with Gasteiger partial charge in [0, 0.05) is 18.8 Å². The van der Waals surface area contributed by atoms with E-state index in [0.29, 0.717) is 6.08 Å². The van der Waals surface area contributed by atoms with Crippen molar-refractivity contribution >= 4 is 33.3 Å². The number of pyridine rings is 1. The maximum absolute atomic E-state index is 13.3. The molecule has 0 radical (unpaired) electrons. The predicted octanol–water partition coefficient (Wildman–Crippen LogP) is 2.33. The zero-order valence-electron chi connectivity index (χ0n) is 9.83. The number of carbonyl (C=O) groups excluding carboxylic acids is 1. The first kappa shape index (κ1) is 14.4. The van der Waals surface area contributed by atoms with Crippen LogP contribution in [0.15, 0.2) is 28.9 Å². The molecule has 2 aromatic rings. The number of rotatable bonds is 3. The highest BCUT2D eigenvalue weighted by molar-refractivity contribution is 9.10. The van der Waals surface area contributed by atoms with Crippen LogP contribution in [-0.2, 0) is 0 Å². The van der Waals surface area contributed by atoms with Crippen LogP contribution < -0.4 is 11.1 Å². The zero-order valence-corrected chi connectivity index (χ0v) is 11.4. The molecule has 0 aromatic carbocycles. The fourth-order valence-corrected chi connectivity index (χ4v) is 1.95. The first-order valence-electron chi connectivity index (χ1n) is 5.32. The smallest absolute Gasteiger partial charge is 0.274 e. The first-order valence-corrected chi connectivity index (χ1v) is 6.12. The number of anilines is 1. The highest BCUT2D eigenvalue weighted by atomic mass is 79.9. The van der Waals surface area contributed by atoms with Gasteiger partial charge in [-0.3, -0.25) is 9.20 Å². The Morgan fingerprint density at radius 1 is 1.55 bits per heavy atom. The van der Waals surface area contributed by atoms with Gasteiger partial charge in [0.15, 0.2) is 11.3 Å². The molecule has 0 bridgehead atoms. The summed E-state index contributed by atoms with van der Waals surface area (Å²) < 4.78 is 38.4. The topological polar surface area (TPSA) is 72.4 Å². The molecule has 0 fully saturated rings. The SMILES string of the molecule is Nc1c(C(=O)NCC=C(F)F)nc2c(Br)c(F)ccn12. The standard InChI is InChI=1S/C11H8BrF3N4O/c12-7-5(13)2-4-19-9(16)8(18-10(7)19)11(20)17-3-1-6(14)15/h1-2,4H,3,16H2,(H,17,20). The van der Waals surface area contributed by atoms with Gasteiger partial charge in [-0.1, -0.05) is 0 Å². The maximum atomic E-state index is 13.3. The molecule has 9 heteroatoms. The number of nitrogens with two attached hydrogens (primary N) is 1. The molecule has 0 atom stereocenters. The Morgan fingerprint density at radius 3 is 2.90 bits per heavy atom. The van der Waals surface area contributed by atoms with Crippen LogP contribution >= 0.6 is 15.9 Å². The third kappa shape index (κ3) is 2.62. The van der Waals surface area contributed by atoms with E-state index in [1.165, 1.54) is 10.6 Å². The number of carbonyl (C=O) groups is 1. The van der Waals surface area contributed by atoms with Gasteiger partial charge in [-0.2, -0.15) is 8.78 Å². The van der Waals surface area contributed by atoms with Crippen molar-refractivity contribution in [3.63, 3.8) is 0 Å². The average molecular weight is 349 g/mol. The summed E-state index contributed by atoms with van der Waals surface area (Å²) in [6, 6.07) is 1.15. The molecule has 2 rings (SSSR count). The third-order valence-corrected chi connectivity index (χ3v) is 3.19. The summed E-state index contributed by atoms with van der Waals surface area (Å²) in [5, 5.41) is 2.21. The number of hydrogen-bond donors (Lipinski definition) is 2. The van der Waals surface area contributed by atoms with Crippen LogP contribution in [0.1, 0.15) is 10.5 Å². The maximum Gasteiger partial charge on any atom is 0.274 e. The summed E-state index contributed by atoms with van der Waals surface area (Å²) >= 11 is 2.99. The summed E-state index contributed by atoms with van der Waals surface area (Å²) in [5.41, 5.74) is 5.69. The highest BCUT2D eigenvalue weighted by Crippen LogP contribution is 2.24. The van der Waals surface area contributed by atoms with Gasteiger partial charge in [-0.05, 0) is 22.0 Å². The summed E-state index contributed by atoms with van der Waals surface area (Å²) in [5.74, 6) is -1.30. The van der Waals surface area contributed by atoms with Crippen molar-refractivity contribution in [2.24, 2.45) is 0 Å². The summed E-state index contributed by atoms with van der Waals surface area (Å²) in [4.78, 5) is 15.7. The number of aromatic nitrogens is 2. The second-order valence-electron chi connectivity index (χ2n) is 3.72. The van der Waals surface area contributed by atoms with E-state index in [1.54, 1.807) is 0 Å². The Labute approximate surface area is 119 Å². The Hall–Kier alpha value is -2.03. The lowest BCUT2D eigenvalue weighted by molar-refractivity contribution is 0.0954. The Kier molecular flexibility index (Phi) is 3.98. The molecule has 3 N–H and O–H groups in total. The molecule has 5 nitrogen and oxygen atoms in total. The molecule has 2 aromatic heterocycles. The Balaban J connectivity index is 2.35. The van der Waals surface area contributed by atoms with Gasteiger partial charge < -0.3 is 11.1 Å². The minimum atomic E-state index is -1.90. The van der Waals surface area contributed by atoms with Gasteiger partial charge in [-0.15, -0.1) is 0 Å². The van der Waals surface area contributed by atoms with Gasteiger partial charge in [-0.25, -0.2) is 9.37 Å². The van der Waals surface area contributed by atoms with Crippen molar-refractivity contribution in [2.75, 3.05) is 12.3 Å². The van der Waals surface area contributed by atoms with Crippen LogP contribution in [0.25, 0.3) is 5.65 Å². The molecule has 0 aliphatic rings. The molecule has 0 saturated carbocycles. The molecule has 0 spiro atoms. The fraction of sp³-hybridized carbons (Fsp3) is 0.0909. The van der Waals surface area contributed by atoms with E-state index < -0.39 is 17.8 Å². The van der Waals surface area contributed by atoms with E-state index in [2.05, 4.69) is 26.2 Å². The van der Waals surface area contributed by atoms with Crippen molar-refractivity contribution in [2.45, 2.75) is 0 Å². The van der Waals surface area contributed by atoms with E-state index in [9.17, 15) is 18.0 Å². The van der Waals surface area contributed by atoms with Crippen molar-refractivity contribution < 1.29 is 18.0 Å². The van der Waals surface area contributed by atoms with E-state index in [-0.39, 0.29) is 28.2 Å². The quantitative estimate of drug-likeness (QED) is 0.894. The number of hydrogen-bond acceptors (Lipinski definition) is 3. The predicted molar refractivity (Wildman–Crippen MR) is 69.9 cm³/mol. The molecule has 20 heavy (non-hydrogen) atoms. The minimum Gasteiger partial charge on any atom is -0.383 e. The summed E-state index contributed by atoms with van der Waals surface area (Å²) in [7, 11) is 0. The van der Waals surface area contributed by atoms with Gasteiger partial charge >= 0.3 is 0 Å². The minimum absolute atomic E-state index is 0.0112. The van der Waals surface area contributed by atoms with Gasteiger partial charge in [0.2, 0.25) is 0 Å². The van der Waals surface area contributed by atoms with E-state index in [0.717, 1.165) is 6.07 Å². The zero-order chi connectivity index (χ0) is 14.9. The van der Waals surface area contributed by atoms with Gasteiger partial charge in [0.25, 0.3) is 12.0 Å². The van der Waals surface area contributed by atoms with Crippen LogP contribution in [0.5, 0.6) is 0 Å². The number of nitrogen functional groups attached to an aromatic ring is 1. The molecule has 1 amide bonds. The lowest BCUT2D eigenvalue weighted by Gasteiger charge is -2.00. The van der Waals surface area contributed by atoms with Crippen molar-refractivity contribution in [3.05, 3.63) is 40.4 Å². The molecular formula is C11H8BrF3N4O. The molecule has 0 unspecified atom stereocenters. The van der Waals surface area contributed by atoms with Crippen LogP contribution in [0, 0.1) is 5.82 Å². The number of nitrogens with one attached hydrogen (secondary N) is 1. The number of imidazole rings is 1. The normalized spacial score (nSPS) is 10.6. The van der Waals surface area contributed by atoms with Crippen molar-refractivity contribution in [1.82, 2.24) is 14.7 Å². The fourth-order valence-electron chi connectivity index (χ4n) is 1.54. The van der Waals surface area contributed by atoms with Gasteiger partial charge in [0.1, 0.15) is 11.6 Å². The van der Waals surface area contributed by atoms with Crippen molar-refractivity contribution in [3.8, 4) is 0 Å². The van der Waals surface area contributed by atoms with Crippen molar-refractivity contribution in [1.29, 1.82) is 0 Å². The third-order valence-electron chi connectivity index (χ3n) is 2.46. The molecule has 2 heterocycles. The highest BCUT2D eigenvalue weighted by Gasteiger charge is 2.19. The Bertz CT molecular complexity index is 709. The van der Waals surface area contributed by atoms with Gasteiger partial charge in [0.05, 0.1) is 4.47 Å². The van der Waals surface area contributed by atoms with E-state index in [4.69, 9.17) is 5.73 Å². The van der Waals surface area contributed by atoms with Crippen LogP contribution in [0.2, 0.25) is 0 Å². The summed E-state index contributed by atoms with van der Waals surface area (Å²) in [6.07, 6.45) is -0.0483. The van der Waals surface area contributed by atoms with E-state index >= 15 is 0 Å². The molecule has 0 aliphatic heterocycles. The monoisotopic (exact) mass is 348 g/mol. The molecule has 0 saturated heterocycles. The lowest BCUT2D eigenvalue weighted by atomic mass is 10.4. The lowest BCUT2D eigenvalue weighted by Crippen LogP contribution is -2.24. The second-order valence-corrected chi connectivity index (χ2v) is 4.51. The van der Waals surface area contributed by atoms with Crippen LogP contribution in [0.4, 0.5) is 19.0 Å². The number of nitrogens with zero attached hydrogens (tertiary/aromatic N) is 2. The average Bonchev–Trinajstić information content (AvgIpc) is 2.72. The molecular weight excluding hydrogens is 341 g/mol. The second kappa shape index (κ2) is 5.53. The molecule has 106 valence electrons. The largest absolute Gasteiger partial charge is 0.383 e.